The van der Waals surface area contributed by atoms with Gasteiger partial charge in [-0.05, 0) is 36.2 Å². The second kappa shape index (κ2) is 8.69. The van der Waals surface area contributed by atoms with Crippen molar-refractivity contribution in [1.82, 2.24) is 4.98 Å². The van der Waals surface area contributed by atoms with Crippen LogP contribution < -0.4 is 10.1 Å². The second-order valence-electron chi connectivity index (χ2n) is 5.30. The zero-order chi connectivity index (χ0) is 17.5. The number of carbonyl (C=O) groups excluding carboxylic acids is 1. The Hall–Kier alpha value is -2.31. The van der Waals surface area contributed by atoms with Crippen LogP contribution in [0.15, 0.2) is 69.9 Å². The molecule has 0 saturated heterocycles. The standard InChI is InChI=1S/C19H18N2O2S2/c1-23-15-8-10-16(11-9-15)24-18-13-20-19(25-18)21-17(22)12-7-14-5-3-2-4-6-14/h2-6,8-11,13H,7,12H2,1H3,(H,20,21,22). The van der Waals surface area contributed by atoms with Gasteiger partial charge in [-0.25, -0.2) is 4.98 Å². The number of nitrogens with one attached hydrogen (secondary N) is 1. The highest BCUT2D eigenvalue weighted by Crippen LogP contribution is 2.34. The molecule has 0 fully saturated rings. The maximum atomic E-state index is 12.1. The third kappa shape index (κ3) is 5.34. The largest absolute Gasteiger partial charge is 0.497 e. The van der Waals surface area contributed by atoms with Gasteiger partial charge < -0.3 is 10.1 Å². The molecule has 4 nitrogen and oxygen atoms in total. The van der Waals surface area contributed by atoms with Crippen molar-refractivity contribution < 1.29 is 9.53 Å². The van der Waals surface area contributed by atoms with Crippen molar-refractivity contribution in [3.63, 3.8) is 0 Å². The quantitative estimate of drug-likeness (QED) is 0.644. The number of hydrogen-bond donors (Lipinski definition) is 1. The molecule has 0 radical (unpaired) electrons. The van der Waals surface area contributed by atoms with Gasteiger partial charge in [-0.3, -0.25) is 4.79 Å². The van der Waals surface area contributed by atoms with Crippen LogP contribution in [0.3, 0.4) is 0 Å². The molecule has 6 heteroatoms. The average Bonchev–Trinajstić information content (AvgIpc) is 3.08. The van der Waals surface area contributed by atoms with Crippen LogP contribution in [0.4, 0.5) is 5.13 Å². The summed E-state index contributed by atoms with van der Waals surface area (Å²) in [7, 11) is 1.65. The first-order valence-electron chi connectivity index (χ1n) is 7.84. The number of carbonyl (C=O) groups is 1. The number of aryl methyl sites for hydroxylation is 1. The molecule has 1 amide bonds. The fourth-order valence-electron chi connectivity index (χ4n) is 2.21. The lowest BCUT2D eigenvalue weighted by molar-refractivity contribution is -0.116. The zero-order valence-electron chi connectivity index (χ0n) is 13.8. The van der Waals surface area contributed by atoms with Crippen molar-refractivity contribution in [3.05, 3.63) is 66.4 Å². The Morgan fingerprint density at radius 3 is 2.64 bits per heavy atom. The van der Waals surface area contributed by atoms with E-state index < -0.39 is 0 Å². The van der Waals surface area contributed by atoms with E-state index in [-0.39, 0.29) is 5.91 Å². The summed E-state index contributed by atoms with van der Waals surface area (Å²) in [4.78, 5) is 17.4. The topological polar surface area (TPSA) is 51.2 Å². The van der Waals surface area contributed by atoms with Crippen LogP contribution in [-0.2, 0) is 11.2 Å². The average molecular weight is 370 g/mol. The SMILES string of the molecule is COc1ccc(Sc2cnc(NC(=O)CCc3ccccc3)s2)cc1. The number of amides is 1. The maximum Gasteiger partial charge on any atom is 0.226 e. The number of benzene rings is 2. The highest BCUT2D eigenvalue weighted by molar-refractivity contribution is 8.01. The normalized spacial score (nSPS) is 10.4. The summed E-state index contributed by atoms with van der Waals surface area (Å²) in [5, 5.41) is 3.51. The highest BCUT2D eigenvalue weighted by Gasteiger charge is 2.08. The molecule has 128 valence electrons. The number of nitrogens with zero attached hydrogens (tertiary/aromatic N) is 1. The molecular formula is C19H18N2O2S2. The maximum absolute atomic E-state index is 12.1. The van der Waals surface area contributed by atoms with Gasteiger partial charge in [0.1, 0.15) is 5.75 Å². The second-order valence-corrected chi connectivity index (χ2v) is 7.70. The summed E-state index contributed by atoms with van der Waals surface area (Å²) < 4.78 is 6.19. The van der Waals surface area contributed by atoms with Gasteiger partial charge >= 0.3 is 0 Å². The third-order valence-electron chi connectivity index (χ3n) is 3.49. The van der Waals surface area contributed by atoms with Crippen LogP contribution in [0.2, 0.25) is 0 Å². The van der Waals surface area contributed by atoms with Crippen LogP contribution in [0, 0.1) is 0 Å². The van der Waals surface area contributed by atoms with Crippen molar-refractivity contribution in [2.24, 2.45) is 0 Å². The summed E-state index contributed by atoms with van der Waals surface area (Å²) in [6.07, 6.45) is 2.96. The molecule has 0 aliphatic rings. The summed E-state index contributed by atoms with van der Waals surface area (Å²) in [6, 6.07) is 17.9. The van der Waals surface area contributed by atoms with Crippen molar-refractivity contribution in [3.8, 4) is 5.75 Å². The Balaban J connectivity index is 1.51. The lowest BCUT2D eigenvalue weighted by Crippen LogP contribution is -2.11. The van der Waals surface area contributed by atoms with Crippen molar-refractivity contribution in [1.29, 1.82) is 0 Å². The molecule has 0 saturated carbocycles. The predicted molar refractivity (Wildman–Crippen MR) is 103 cm³/mol. The Morgan fingerprint density at radius 2 is 1.92 bits per heavy atom. The van der Waals surface area contributed by atoms with Crippen molar-refractivity contribution >= 4 is 34.1 Å². The smallest absolute Gasteiger partial charge is 0.226 e. The van der Waals surface area contributed by atoms with Crippen LogP contribution in [0.1, 0.15) is 12.0 Å². The van der Waals surface area contributed by atoms with E-state index in [1.807, 2.05) is 54.6 Å². The lowest BCUT2D eigenvalue weighted by Gasteiger charge is -2.02. The Labute approximate surface area is 155 Å². The first kappa shape index (κ1) is 17.5. The van der Waals surface area contributed by atoms with E-state index in [1.54, 1.807) is 25.1 Å². The molecule has 0 bridgehead atoms. The van der Waals surface area contributed by atoms with Gasteiger partial charge in [0.2, 0.25) is 5.91 Å². The molecular weight excluding hydrogens is 352 g/mol. The van der Waals surface area contributed by atoms with Gasteiger partial charge in [0.25, 0.3) is 0 Å². The van der Waals surface area contributed by atoms with E-state index in [1.165, 1.54) is 11.3 Å². The van der Waals surface area contributed by atoms with E-state index in [2.05, 4.69) is 10.3 Å². The van der Waals surface area contributed by atoms with Gasteiger partial charge in [-0.1, -0.05) is 53.4 Å². The van der Waals surface area contributed by atoms with Crippen LogP contribution in [0.5, 0.6) is 5.75 Å². The van der Waals surface area contributed by atoms with E-state index in [0.29, 0.717) is 11.6 Å². The number of ether oxygens (including phenoxy) is 1. The molecule has 25 heavy (non-hydrogen) atoms. The molecule has 1 heterocycles. The number of methoxy groups -OCH3 is 1. The van der Waals surface area contributed by atoms with E-state index in [9.17, 15) is 4.79 Å². The first-order valence-corrected chi connectivity index (χ1v) is 9.48. The van der Waals surface area contributed by atoms with Crippen molar-refractivity contribution in [2.45, 2.75) is 21.9 Å². The molecule has 1 aromatic heterocycles. The first-order chi connectivity index (χ1) is 12.2. The van der Waals surface area contributed by atoms with Gasteiger partial charge in [-0.2, -0.15) is 0 Å². The number of anilines is 1. The molecule has 3 rings (SSSR count). The summed E-state index contributed by atoms with van der Waals surface area (Å²) in [6.45, 7) is 0. The fourth-order valence-corrected chi connectivity index (χ4v) is 4.08. The Kier molecular flexibility index (Phi) is 6.09. The van der Waals surface area contributed by atoms with Gasteiger partial charge in [-0.15, -0.1) is 0 Å². The third-order valence-corrected chi connectivity index (χ3v) is 5.51. The molecule has 2 aromatic carbocycles. The molecule has 0 atom stereocenters. The number of thiazole rings is 1. The summed E-state index contributed by atoms with van der Waals surface area (Å²) >= 11 is 3.09. The van der Waals surface area contributed by atoms with Crippen molar-refractivity contribution in [2.75, 3.05) is 12.4 Å². The van der Waals surface area contributed by atoms with E-state index >= 15 is 0 Å². The van der Waals surface area contributed by atoms with Crippen LogP contribution in [-0.4, -0.2) is 18.0 Å². The minimum atomic E-state index is -0.0146. The number of aromatic nitrogens is 1. The predicted octanol–water partition coefficient (Wildman–Crippen LogP) is 4.87. The molecule has 0 unspecified atom stereocenters. The minimum absolute atomic E-state index is 0.0146. The van der Waals surface area contributed by atoms with E-state index in [4.69, 9.17) is 4.74 Å². The minimum Gasteiger partial charge on any atom is -0.497 e. The fraction of sp³-hybridized carbons (Fsp3) is 0.158. The molecule has 0 spiro atoms. The molecule has 3 aromatic rings. The Bertz CT molecular complexity index is 817. The van der Waals surface area contributed by atoms with Crippen LogP contribution >= 0.6 is 23.1 Å². The monoisotopic (exact) mass is 370 g/mol. The summed E-state index contributed by atoms with van der Waals surface area (Å²) in [5.74, 6) is 0.819. The lowest BCUT2D eigenvalue weighted by atomic mass is 10.1. The molecule has 1 N–H and O–H groups in total. The number of hydrogen-bond acceptors (Lipinski definition) is 5. The number of rotatable bonds is 7. The zero-order valence-corrected chi connectivity index (χ0v) is 15.4. The van der Waals surface area contributed by atoms with Gasteiger partial charge in [0.05, 0.1) is 17.5 Å². The highest BCUT2D eigenvalue weighted by atomic mass is 32.2. The van der Waals surface area contributed by atoms with Gasteiger partial charge in [0.15, 0.2) is 5.13 Å². The molecule has 0 aliphatic carbocycles. The molecule has 0 aliphatic heterocycles. The summed E-state index contributed by atoms with van der Waals surface area (Å²) in [5.41, 5.74) is 1.16. The van der Waals surface area contributed by atoms with Crippen LogP contribution in [0.25, 0.3) is 0 Å². The van der Waals surface area contributed by atoms with Gasteiger partial charge in [0, 0.05) is 11.3 Å². The van der Waals surface area contributed by atoms with E-state index in [0.717, 1.165) is 26.8 Å². The Morgan fingerprint density at radius 1 is 1.16 bits per heavy atom.